The third-order valence-electron chi connectivity index (χ3n) is 8.72. The van der Waals surface area contributed by atoms with Gasteiger partial charge in [0.15, 0.2) is 0 Å². The standard InChI is InChI=1S/C32H45N3O8/c1-2-32-9-5-10-34-11-8-25-24-6-3-4-7-26(24)35(29(25)30(32)34)27(22-32)31(38)33-23-28(37)43-21-20-42-19-18-41-17-16-40-15-14-39-13-12-36/h3-4,6-7,22,30,36H,2,5,8-21,23H2,1H3,(H,33,38)/t30-,32+/m1/s1. The Bertz CT molecular complexity index is 1280. The topological polar surface area (TPSA) is 121 Å². The van der Waals surface area contributed by atoms with E-state index in [1.807, 2.05) is 6.07 Å². The molecule has 0 bridgehead atoms. The number of nitrogens with one attached hydrogen (secondary N) is 1. The second-order valence-electron chi connectivity index (χ2n) is 11.2. The van der Waals surface area contributed by atoms with Gasteiger partial charge in [0.1, 0.15) is 18.8 Å². The average Bonchev–Trinajstić information content (AvgIpc) is 3.37. The molecule has 0 unspecified atom stereocenters. The predicted octanol–water partition coefficient (Wildman–Crippen LogP) is 2.30. The second kappa shape index (κ2) is 15.3. The molecule has 3 aliphatic rings. The van der Waals surface area contributed by atoms with E-state index in [1.165, 1.54) is 16.6 Å². The highest BCUT2D eigenvalue weighted by molar-refractivity contribution is 6.17. The molecule has 1 aromatic carbocycles. The molecular weight excluding hydrogens is 554 g/mol. The van der Waals surface area contributed by atoms with Crippen LogP contribution in [-0.4, -0.2) is 112 Å². The molecule has 2 N–H and O–H groups in total. The summed E-state index contributed by atoms with van der Waals surface area (Å²) >= 11 is 0. The van der Waals surface area contributed by atoms with Crippen LogP contribution >= 0.6 is 0 Å². The number of ether oxygens (including phenoxy) is 5. The third-order valence-corrected chi connectivity index (χ3v) is 8.72. The summed E-state index contributed by atoms with van der Waals surface area (Å²) < 4.78 is 28.7. The maximum absolute atomic E-state index is 13.7. The van der Waals surface area contributed by atoms with Gasteiger partial charge in [0.2, 0.25) is 0 Å². The van der Waals surface area contributed by atoms with E-state index < -0.39 is 5.97 Å². The van der Waals surface area contributed by atoms with Gasteiger partial charge in [-0.3, -0.25) is 14.5 Å². The van der Waals surface area contributed by atoms with Crippen molar-refractivity contribution in [3.8, 4) is 0 Å². The molecule has 1 aromatic heterocycles. The first kappa shape index (κ1) is 31.6. The number of hydrogen-bond donors (Lipinski definition) is 2. The summed E-state index contributed by atoms with van der Waals surface area (Å²) in [6.45, 7) is 7.35. The number of fused-ring (bicyclic) bond motifs is 3. The number of aliphatic hydroxyl groups is 1. The first-order valence-electron chi connectivity index (χ1n) is 15.5. The zero-order chi connectivity index (χ0) is 30.1. The molecule has 0 spiro atoms. The van der Waals surface area contributed by atoms with E-state index in [2.05, 4.69) is 46.0 Å². The number of carbonyl (C=O) groups excluding carboxylic acids is 2. The van der Waals surface area contributed by atoms with Gasteiger partial charge in [-0.15, -0.1) is 0 Å². The number of aromatic nitrogens is 1. The molecule has 0 radical (unpaired) electrons. The highest BCUT2D eigenvalue weighted by Gasteiger charge is 2.51. The van der Waals surface area contributed by atoms with Gasteiger partial charge in [-0.05, 0) is 49.9 Å². The normalized spacial score (nSPS) is 21.0. The number of aliphatic hydroxyl groups excluding tert-OH is 1. The highest BCUT2D eigenvalue weighted by Crippen LogP contribution is 2.56. The Morgan fingerprint density at radius 2 is 1.63 bits per heavy atom. The van der Waals surface area contributed by atoms with Crippen molar-refractivity contribution in [2.45, 2.75) is 38.6 Å². The van der Waals surface area contributed by atoms with Crippen molar-refractivity contribution in [3.05, 3.63) is 41.6 Å². The summed E-state index contributed by atoms with van der Waals surface area (Å²) in [5.74, 6) is -0.763. The monoisotopic (exact) mass is 599 g/mol. The van der Waals surface area contributed by atoms with E-state index >= 15 is 0 Å². The molecule has 2 aromatic rings. The molecule has 3 aliphatic heterocycles. The Labute approximate surface area is 253 Å². The average molecular weight is 600 g/mol. The molecule has 1 fully saturated rings. The summed E-state index contributed by atoms with van der Waals surface area (Å²) in [5.41, 5.74) is 4.16. The lowest BCUT2D eigenvalue weighted by Crippen LogP contribution is -2.51. The van der Waals surface area contributed by atoms with Gasteiger partial charge in [0.05, 0.1) is 71.0 Å². The van der Waals surface area contributed by atoms with Crippen molar-refractivity contribution in [1.29, 1.82) is 0 Å². The fourth-order valence-electron chi connectivity index (χ4n) is 6.78. The first-order valence-corrected chi connectivity index (χ1v) is 15.5. The van der Waals surface area contributed by atoms with Crippen molar-refractivity contribution >= 4 is 28.5 Å². The molecule has 1 saturated heterocycles. The van der Waals surface area contributed by atoms with E-state index in [0.717, 1.165) is 44.3 Å². The van der Waals surface area contributed by atoms with Crippen molar-refractivity contribution < 1.29 is 38.4 Å². The number of esters is 1. The van der Waals surface area contributed by atoms with Crippen LogP contribution in [0.4, 0.5) is 0 Å². The fraction of sp³-hybridized carbons (Fsp3) is 0.625. The number of piperidine rings is 1. The van der Waals surface area contributed by atoms with Gasteiger partial charge < -0.3 is 38.7 Å². The minimum Gasteiger partial charge on any atom is -0.462 e. The van der Waals surface area contributed by atoms with Crippen molar-refractivity contribution in [1.82, 2.24) is 14.8 Å². The molecule has 236 valence electrons. The summed E-state index contributed by atoms with van der Waals surface area (Å²) in [6.07, 6.45) is 6.28. The molecule has 1 amide bonds. The number of benzene rings is 1. The van der Waals surface area contributed by atoms with Crippen LogP contribution in [0.15, 0.2) is 30.3 Å². The molecule has 11 heteroatoms. The Kier molecular flexibility index (Phi) is 11.2. The number of carbonyl (C=O) groups is 2. The lowest BCUT2D eigenvalue weighted by Gasteiger charge is -2.53. The Morgan fingerprint density at radius 3 is 2.33 bits per heavy atom. The van der Waals surface area contributed by atoms with Crippen LogP contribution in [0.2, 0.25) is 0 Å². The number of para-hydroxylation sites is 1. The van der Waals surface area contributed by atoms with Crippen molar-refractivity contribution in [3.63, 3.8) is 0 Å². The van der Waals surface area contributed by atoms with E-state index in [9.17, 15) is 9.59 Å². The van der Waals surface area contributed by atoms with Crippen LogP contribution in [0.1, 0.15) is 43.5 Å². The first-order chi connectivity index (χ1) is 21.1. The molecule has 43 heavy (non-hydrogen) atoms. The largest absolute Gasteiger partial charge is 0.462 e. The van der Waals surface area contributed by atoms with Crippen LogP contribution in [-0.2, 0) is 39.7 Å². The minimum atomic E-state index is -0.504. The third kappa shape index (κ3) is 7.13. The van der Waals surface area contributed by atoms with Crippen LogP contribution in [0, 0.1) is 5.41 Å². The van der Waals surface area contributed by atoms with Gasteiger partial charge >= 0.3 is 5.97 Å². The number of nitrogens with zero attached hydrogens (tertiary/aromatic N) is 2. The molecule has 11 nitrogen and oxygen atoms in total. The van der Waals surface area contributed by atoms with E-state index in [-0.39, 0.29) is 43.7 Å². The molecular formula is C32H45N3O8. The van der Waals surface area contributed by atoms with Gasteiger partial charge in [-0.25, -0.2) is 0 Å². The Morgan fingerprint density at radius 1 is 0.953 bits per heavy atom. The number of hydrogen-bond acceptors (Lipinski definition) is 9. The number of amides is 1. The smallest absolute Gasteiger partial charge is 0.325 e. The summed E-state index contributed by atoms with van der Waals surface area (Å²) in [6, 6.07) is 8.61. The Balaban J connectivity index is 1.07. The number of rotatable bonds is 18. The highest BCUT2D eigenvalue weighted by atomic mass is 16.6. The summed E-state index contributed by atoms with van der Waals surface area (Å²) in [7, 11) is 0. The lowest BCUT2D eigenvalue weighted by molar-refractivity contribution is -0.145. The van der Waals surface area contributed by atoms with Crippen LogP contribution in [0.25, 0.3) is 16.6 Å². The van der Waals surface area contributed by atoms with Gasteiger partial charge in [-0.2, -0.15) is 0 Å². The Hall–Kier alpha value is -2.80. The molecule has 2 atom stereocenters. The van der Waals surface area contributed by atoms with Gasteiger partial charge in [0, 0.05) is 23.0 Å². The second-order valence-corrected chi connectivity index (χ2v) is 11.2. The van der Waals surface area contributed by atoms with Gasteiger partial charge in [0.25, 0.3) is 5.91 Å². The van der Waals surface area contributed by atoms with Crippen LogP contribution < -0.4 is 5.32 Å². The zero-order valence-electron chi connectivity index (χ0n) is 25.2. The lowest BCUT2D eigenvalue weighted by atomic mass is 9.66. The van der Waals surface area contributed by atoms with Crippen molar-refractivity contribution in [2.75, 3.05) is 85.7 Å². The zero-order valence-corrected chi connectivity index (χ0v) is 25.2. The van der Waals surface area contributed by atoms with Crippen molar-refractivity contribution in [2.24, 2.45) is 5.41 Å². The molecule has 0 saturated carbocycles. The molecule has 4 heterocycles. The molecule has 0 aliphatic carbocycles. The quantitative estimate of drug-likeness (QED) is 0.196. The fourth-order valence-corrected chi connectivity index (χ4v) is 6.78. The minimum absolute atomic E-state index is 0.00438. The predicted molar refractivity (Wildman–Crippen MR) is 161 cm³/mol. The van der Waals surface area contributed by atoms with Crippen LogP contribution in [0.5, 0.6) is 0 Å². The van der Waals surface area contributed by atoms with E-state index in [0.29, 0.717) is 51.9 Å². The molecule has 5 rings (SSSR count). The summed E-state index contributed by atoms with van der Waals surface area (Å²) in [5, 5.41) is 12.7. The van der Waals surface area contributed by atoms with E-state index in [1.54, 1.807) is 0 Å². The van der Waals surface area contributed by atoms with Crippen LogP contribution in [0.3, 0.4) is 0 Å². The summed E-state index contributed by atoms with van der Waals surface area (Å²) in [4.78, 5) is 28.7. The maximum Gasteiger partial charge on any atom is 0.325 e. The SMILES string of the molecule is CC[C@@]12C=C(C(=O)NCC(=O)OCCOCCOCCOCCOCCO)n3c4c(c5ccccc53)CCN(CCC1)[C@H]42. The maximum atomic E-state index is 13.7. The van der Waals surface area contributed by atoms with E-state index in [4.69, 9.17) is 28.8 Å². The van der Waals surface area contributed by atoms with Gasteiger partial charge in [-0.1, -0.05) is 25.1 Å².